The number of aldehydes is 1. The van der Waals surface area contributed by atoms with Gasteiger partial charge in [-0.25, -0.2) is 0 Å². The minimum absolute atomic E-state index is 0.548. The number of rotatable bonds is 1. The molecule has 0 spiro atoms. The van der Waals surface area contributed by atoms with Crippen molar-refractivity contribution in [2.45, 2.75) is 6.92 Å². The van der Waals surface area contributed by atoms with Crippen LogP contribution in [0.3, 0.4) is 0 Å². The summed E-state index contributed by atoms with van der Waals surface area (Å²) in [5.41, 5.74) is 2.01. The number of nitrogens with zero attached hydrogens (tertiary/aromatic N) is 1. The maximum absolute atomic E-state index is 10.3. The minimum Gasteiger partial charge on any atom is -0.298 e. The molecule has 0 saturated heterocycles. The molecule has 0 atom stereocenters. The number of nitriles is 1. The molecule has 0 heterocycles. The van der Waals surface area contributed by atoms with Crippen LogP contribution >= 0.6 is 0 Å². The molecular weight excluding hydrogens is 138 g/mol. The zero-order chi connectivity index (χ0) is 8.27. The van der Waals surface area contributed by atoms with Gasteiger partial charge in [0.15, 0.2) is 0 Å². The van der Waals surface area contributed by atoms with Crippen LogP contribution in [0.2, 0.25) is 0 Å². The van der Waals surface area contributed by atoms with E-state index in [-0.39, 0.29) is 0 Å². The summed E-state index contributed by atoms with van der Waals surface area (Å²) in [6.45, 7) is 1.84. The molecule has 0 aliphatic carbocycles. The van der Waals surface area contributed by atoms with Crippen molar-refractivity contribution < 1.29 is 4.79 Å². The number of hydrogen-bond donors (Lipinski definition) is 0. The highest BCUT2D eigenvalue weighted by Crippen LogP contribution is 2.07. The third kappa shape index (κ3) is 1.44. The quantitative estimate of drug-likeness (QED) is 0.564. The van der Waals surface area contributed by atoms with Crippen LogP contribution in [-0.2, 0) is 0 Å². The summed E-state index contributed by atoms with van der Waals surface area (Å²) in [5.74, 6) is 0. The molecule has 1 aromatic rings. The fraction of sp³-hybridized carbons (Fsp3) is 0.111. The highest BCUT2D eigenvalue weighted by molar-refractivity contribution is 5.75. The lowest BCUT2D eigenvalue weighted by Gasteiger charge is -1.95. The molecule has 0 aliphatic rings. The topological polar surface area (TPSA) is 40.9 Å². The first-order valence-electron chi connectivity index (χ1n) is 3.24. The number of hydrogen-bond acceptors (Lipinski definition) is 2. The first-order chi connectivity index (χ1) is 5.27. The highest BCUT2D eigenvalue weighted by Gasteiger charge is 1.96. The van der Waals surface area contributed by atoms with Crippen molar-refractivity contribution in [3.63, 3.8) is 0 Å². The summed E-state index contributed by atoms with van der Waals surface area (Å²) < 4.78 is 0. The van der Waals surface area contributed by atoms with Gasteiger partial charge in [-0.1, -0.05) is 12.1 Å². The third-order valence-electron chi connectivity index (χ3n) is 1.52. The van der Waals surface area contributed by atoms with Gasteiger partial charge >= 0.3 is 0 Å². The number of benzene rings is 1. The van der Waals surface area contributed by atoms with Crippen LogP contribution in [0.25, 0.3) is 0 Å². The van der Waals surface area contributed by atoms with Crippen molar-refractivity contribution >= 4 is 6.29 Å². The Morgan fingerprint density at radius 1 is 1.55 bits per heavy atom. The molecule has 0 N–H and O–H groups in total. The predicted octanol–water partition coefficient (Wildman–Crippen LogP) is 1.68. The van der Waals surface area contributed by atoms with Crippen LogP contribution in [0.5, 0.6) is 0 Å². The van der Waals surface area contributed by atoms with Crippen LogP contribution in [-0.4, -0.2) is 6.29 Å². The van der Waals surface area contributed by atoms with Gasteiger partial charge in [0.05, 0.1) is 11.6 Å². The number of aryl methyl sites for hydroxylation is 1. The average molecular weight is 145 g/mol. The van der Waals surface area contributed by atoms with Crippen molar-refractivity contribution in [1.82, 2.24) is 0 Å². The van der Waals surface area contributed by atoms with E-state index in [1.807, 2.05) is 13.0 Å². The van der Waals surface area contributed by atoms with Gasteiger partial charge in [-0.05, 0) is 18.6 Å². The molecule has 0 aromatic heterocycles. The largest absolute Gasteiger partial charge is 0.298 e. The van der Waals surface area contributed by atoms with E-state index in [4.69, 9.17) is 5.26 Å². The molecule has 1 aromatic carbocycles. The summed E-state index contributed by atoms with van der Waals surface area (Å²) in [6, 6.07) is 7.06. The average Bonchev–Trinajstić information content (AvgIpc) is 2.05. The minimum atomic E-state index is 0.548. The van der Waals surface area contributed by atoms with Crippen molar-refractivity contribution in [2.24, 2.45) is 0 Å². The Balaban J connectivity index is 3.25. The second-order valence-corrected chi connectivity index (χ2v) is 2.30. The molecule has 54 valence electrons. The molecule has 11 heavy (non-hydrogen) atoms. The Kier molecular flexibility index (Phi) is 2.03. The maximum Gasteiger partial charge on any atom is 0.150 e. The lowest BCUT2D eigenvalue weighted by atomic mass is 10.1. The molecule has 0 aliphatic heterocycles. The van der Waals surface area contributed by atoms with Gasteiger partial charge in [-0.2, -0.15) is 5.26 Å². The summed E-state index contributed by atoms with van der Waals surface area (Å²) in [6.07, 6.45) is 0.736. The van der Waals surface area contributed by atoms with E-state index in [1.165, 1.54) is 0 Å². The Hall–Kier alpha value is -1.62. The van der Waals surface area contributed by atoms with Gasteiger partial charge < -0.3 is 0 Å². The molecule has 0 bridgehead atoms. The van der Waals surface area contributed by atoms with E-state index in [9.17, 15) is 4.79 Å². The van der Waals surface area contributed by atoms with E-state index < -0.39 is 0 Å². The molecule has 0 unspecified atom stereocenters. The highest BCUT2D eigenvalue weighted by atomic mass is 16.1. The smallest absolute Gasteiger partial charge is 0.150 e. The molecule has 1 rings (SSSR count). The standard InChI is InChI=1S/C9H7NO/c1-7-2-3-8(6-11)4-9(7)5-10/h2-4,6H,1H3. The van der Waals surface area contributed by atoms with Crippen molar-refractivity contribution in [3.05, 3.63) is 34.9 Å². The molecule has 0 saturated carbocycles. The Labute approximate surface area is 65.1 Å². The van der Waals surface area contributed by atoms with Gasteiger partial charge in [0.25, 0.3) is 0 Å². The normalized spacial score (nSPS) is 8.73. The van der Waals surface area contributed by atoms with Crippen LogP contribution in [0, 0.1) is 18.3 Å². The van der Waals surface area contributed by atoms with E-state index in [2.05, 4.69) is 0 Å². The zero-order valence-electron chi connectivity index (χ0n) is 6.16. The van der Waals surface area contributed by atoms with Gasteiger partial charge in [0.2, 0.25) is 0 Å². The monoisotopic (exact) mass is 145 g/mol. The van der Waals surface area contributed by atoms with Crippen molar-refractivity contribution in [2.75, 3.05) is 0 Å². The predicted molar refractivity (Wildman–Crippen MR) is 41.3 cm³/mol. The maximum atomic E-state index is 10.3. The van der Waals surface area contributed by atoms with E-state index in [0.717, 1.165) is 11.8 Å². The van der Waals surface area contributed by atoms with Crippen LogP contribution in [0.15, 0.2) is 18.2 Å². The summed E-state index contributed by atoms with van der Waals surface area (Å²) in [4.78, 5) is 10.3. The fourth-order valence-electron chi connectivity index (χ4n) is 0.833. The lowest BCUT2D eigenvalue weighted by molar-refractivity contribution is 0.112. The lowest BCUT2D eigenvalue weighted by Crippen LogP contribution is -1.85. The third-order valence-corrected chi connectivity index (χ3v) is 1.52. The zero-order valence-corrected chi connectivity index (χ0v) is 6.16. The van der Waals surface area contributed by atoms with Gasteiger partial charge in [0.1, 0.15) is 6.29 Å². The first-order valence-corrected chi connectivity index (χ1v) is 3.24. The van der Waals surface area contributed by atoms with Crippen molar-refractivity contribution in [3.8, 4) is 6.07 Å². The van der Waals surface area contributed by atoms with E-state index in [0.29, 0.717) is 11.1 Å². The fourth-order valence-corrected chi connectivity index (χ4v) is 0.833. The molecule has 2 nitrogen and oxygen atoms in total. The van der Waals surface area contributed by atoms with Crippen LogP contribution in [0.4, 0.5) is 0 Å². The summed E-state index contributed by atoms with van der Waals surface area (Å²) in [7, 11) is 0. The Bertz CT molecular complexity index is 323. The number of carbonyl (C=O) groups is 1. The van der Waals surface area contributed by atoms with E-state index >= 15 is 0 Å². The Morgan fingerprint density at radius 3 is 2.82 bits per heavy atom. The van der Waals surface area contributed by atoms with Crippen LogP contribution in [0.1, 0.15) is 21.5 Å². The SMILES string of the molecule is Cc1ccc(C=O)cc1C#N. The number of carbonyl (C=O) groups excluding carboxylic acids is 1. The first kappa shape index (κ1) is 7.49. The summed E-state index contributed by atoms with van der Waals surface area (Å²) in [5, 5.41) is 8.57. The van der Waals surface area contributed by atoms with Crippen molar-refractivity contribution in [1.29, 1.82) is 5.26 Å². The molecule has 0 amide bonds. The molecule has 2 heteroatoms. The van der Waals surface area contributed by atoms with Gasteiger partial charge in [-0.15, -0.1) is 0 Å². The molecule has 0 radical (unpaired) electrons. The Morgan fingerprint density at radius 2 is 2.27 bits per heavy atom. The second-order valence-electron chi connectivity index (χ2n) is 2.30. The molecule has 0 fully saturated rings. The van der Waals surface area contributed by atoms with Crippen LogP contribution < -0.4 is 0 Å². The molecular formula is C9H7NO. The second kappa shape index (κ2) is 2.98. The summed E-state index contributed by atoms with van der Waals surface area (Å²) >= 11 is 0. The van der Waals surface area contributed by atoms with Gasteiger partial charge in [-0.3, -0.25) is 4.79 Å². The van der Waals surface area contributed by atoms with Gasteiger partial charge in [0, 0.05) is 5.56 Å². The van der Waals surface area contributed by atoms with E-state index in [1.54, 1.807) is 18.2 Å².